The molecule has 0 fully saturated rings. The van der Waals surface area contributed by atoms with Gasteiger partial charge in [-0.2, -0.15) is 0 Å². The summed E-state index contributed by atoms with van der Waals surface area (Å²) in [7, 11) is 2.07. The quantitative estimate of drug-likeness (QED) is 0.232. The van der Waals surface area contributed by atoms with E-state index >= 15 is 0 Å². The molecular weight excluding hydrogens is 452 g/mol. The molecule has 3 heteroatoms. The number of nitrogens with zero attached hydrogens (tertiary/aromatic N) is 1. The number of fused-ring (bicyclic) bond motifs is 1. The van der Waals surface area contributed by atoms with Crippen molar-refractivity contribution in [3.8, 4) is 0 Å². The molecule has 5 aromatic rings. The average molecular weight is 487 g/mol. The molecule has 5 rings (SSSR count). The number of rotatable bonds is 9. The predicted molar refractivity (Wildman–Crippen MR) is 153 cm³/mol. The molecule has 1 unspecified atom stereocenters. The molecule has 0 spiro atoms. The average Bonchev–Trinajstić information content (AvgIpc) is 3.27. The zero-order chi connectivity index (χ0) is 25.6. The maximum absolute atomic E-state index is 13.3. The first-order valence-corrected chi connectivity index (χ1v) is 13.1. The van der Waals surface area contributed by atoms with Gasteiger partial charge in [-0.25, -0.2) is 0 Å². The molecule has 0 aliphatic heterocycles. The van der Waals surface area contributed by atoms with Crippen molar-refractivity contribution in [1.82, 2.24) is 9.88 Å². The van der Waals surface area contributed by atoms with E-state index in [1.54, 1.807) is 0 Å². The Morgan fingerprint density at radius 3 is 1.95 bits per heavy atom. The van der Waals surface area contributed by atoms with Gasteiger partial charge in [-0.1, -0.05) is 109 Å². The molecule has 0 aliphatic rings. The van der Waals surface area contributed by atoms with Crippen LogP contribution in [0.1, 0.15) is 52.5 Å². The Morgan fingerprint density at radius 2 is 1.30 bits per heavy atom. The second-order valence-corrected chi connectivity index (χ2v) is 9.89. The number of amides is 1. The van der Waals surface area contributed by atoms with Crippen LogP contribution in [-0.2, 0) is 11.8 Å². The molecule has 37 heavy (non-hydrogen) atoms. The van der Waals surface area contributed by atoms with Crippen LogP contribution in [0.5, 0.6) is 0 Å². The van der Waals surface area contributed by atoms with Crippen molar-refractivity contribution < 1.29 is 4.79 Å². The fourth-order valence-electron chi connectivity index (χ4n) is 5.37. The molecule has 0 saturated heterocycles. The van der Waals surface area contributed by atoms with Gasteiger partial charge in [0.1, 0.15) is 0 Å². The Labute approximate surface area is 219 Å². The molecular formula is C34H34N2O. The van der Waals surface area contributed by atoms with Crippen molar-refractivity contribution in [3.05, 3.63) is 143 Å². The Hall–Kier alpha value is -4.11. The fourth-order valence-corrected chi connectivity index (χ4v) is 5.37. The van der Waals surface area contributed by atoms with E-state index in [9.17, 15) is 4.79 Å². The van der Waals surface area contributed by atoms with Crippen LogP contribution in [0.4, 0.5) is 0 Å². The number of aryl methyl sites for hydroxylation is 2. The van der Waals surface area contributed by atoms with Crippen LogP contribution in [-0.4, -0.2) is 17.0 Å². The summed E-state index contributed by atoms with van der Waals surface area (Å²) in [5.41, 5.74) is 7.32. The minimum absolute atomic E-state index is 0.00857. The van der Waals surface area contributed by atoms with Gasteiger partial charge in [0.25, 0.3) is 0 Å². The third kappa shape index (κ3) is 5.67. The van der Waals surface area contributed by atoms with Gasteiger partial charge in [-0.3, -0.25) is 4.79 Å². The van der Waals surface area contributed by atoms with E-state index in [0.717, 1.165) is 6.42 Å². The van der Waals surface area contributed by atoms with Crippen molar-refractivity contribution >= 4 is 16.8 Å². The minimum Gasteiger partial charge on any atom is -0.356 e. The van der Waals surface area contributed by atoms with Crippen LogP contribution >= 0.6 is 0 Å². The highest BCUT2D eigenvalue weighted by Gasteiger charge is 2.22. The van der Waals surface area contributed by atoms with Crippen molar-refractivity contribution in [1.29, 1.82) is 0 Å². The van der Waals surface area contributed by atoms with Crippen LogP contribution in [0.3, 0.4) is 0 Å². The molecule has 1 N–H and O–H groups in total. The summed E-state index contributed by atoms with van der Waals surface area (Å²) in [6, 6.07) is 38.2. The van der Waals surface area contributed by atoms with Crippen molar-refractivity contribution in [3.63, 3.8) is 0 Å². The summed E-state index contributed by atoms with van der Waals surface area (Å²) in [5.74, 6) is 0.317. The fraction of sp³-hybridized carbons (Fsp3) is 0.206. The van der Waals surface area contributed by atoms with E-state index in [2.05, 4.69) is 127 Å². The lowest BCUT2D eigenvalue weighted by atomic mass is 9.87. The highest BCUT2D eigenvalue weighted by Crippen LogP contribution is 2.35. The maximum atomic E-state index is 13.3. The Bertz CT molecular complexity index is 1410. The van der Waals surface area contributed by atoms with Crippen molar-refractivity contribution in [2.45, 2.75) is 31.6 Å². The van der Waals surface area contributed by atoms with Gasteiger partial charge in [0.05, 0.1) is 0 Å². The summed E-state index contributed by atoms with van der Waals surface area (Å²) < 4.78 is 2.16. The lowest BCUT2D eigenvalue weighted by Gasteiger charge is -2.20. The second kappa shape index (κ2) is 11.3. The van der Waals surface area contributed by atoms with Crippen molar-refractivity contribution in [2.24, 2.45) is 7.05 Å². The predicted octanol–water partition coefficient (Wildman–Crippen LogP) is 7.35. The highest BCUT2D eigenvalue weighted by molar-refractivity contribution is 5.86. The minimum atomic E-state index is -0.00857. The molecule has 186 valence electrons. The summed E-state index contributed by atoms with van der Waals surface area (Å²) in [4.78, 5) is 13.3. The van der Waals surface area contributed by atoms with Crippen molar-refractivity contribution in [2.75, 3.05) is 6.54 Å². The maximum Gasteiger partial charge on any atom is 0.220 e. The molecule has 1 aromatic heterocycles. The summed E-state index contributed by atoms with van der Waals surface area (Å²) in [6.45, 7) is 2.72. The van der Waals surface area contributed by atoms with Crippen LogP contribution < -0.4 is 5.32 Å². The molecule has 1 atom stereocenters. The van der Waals surface area contributed by atoms with E-state index in [1.807, 2.05) is 12.1 Å². The van der Waals surface area contributed by atoms with E-state index in [1.165, 1.54) is 38.7 Å². The number of benzene rings is 4. The third-order valence-electron chi connectivity index (χ3n) is 7.33. The Balaban J connectivity index is 1.34. The van der Waals surface area contributed by atoms with E-state index in [-0.39, 0.29) is 17.7 Å². The van der Waals surface area contributed by atoms with Gasteiger partial charge in [-0.05, 0) is 41.7 Å². The van der Waals surface area contributed by atoms with Gasteiger partial charge in [0.2, 0.25) is 5.91 Å². The number of carbonyl (C=O) groups excluding carboxylic acids is 1. The summed E-state index contributed by atoms with van der Waals surface area (Å²) >= 11 is 0. The lowest BCUT2D eigenvalue weighted by molar-refractivity contribution is -0.121. The smallest absolute Gasteiger partial charge is 0.220 e. The normalized spacial score (nSPS) is 12.1. The lowest BCUT2D eigenvalue weighted by Crippen LogP contribution is -2.27. The number of hydrogen-bond acceptors (Lipinski definition) is 1. The first kappa shape index (κ1) is 24.6. The SMILES string of the molecule is Cc1ccc(C(CC(=O)NCCC(c2ccccc2)c2ccccc2)c2cn(C)c3ccccc23)cc1. The first-order valence-electron chi connectivity index (χ1n) is 13.1. The third-order valence-corrected chi connectivity index (χ3v) is 7.33. The van der Waals surface area contributed by atoms with Crippen LogP contribution in [0.2, 0.25) is 0 Å². The van der Waals surface area contributed by atoms with Crippen LogP contribution in [0.25, 0.3) is 10.9 Å². The molecule has 0 bridgehead atoms. The second-order valence-electron chi connectivity index (χ2n) is 9.89. The van der Waals surface area contributed by atoms with Gasteiger partial charge < -0.3 is 9.88 Å². The number of nitrogens with one attached hydrogen (secondary N) is 1. The van der Waals surface area contributed by atoms with E-state index < -0.39 is 0 Å². The van der Waals surface area contributed by atoms with Gasteiger partial charge in [0.15, 0.2) is 0 Å². The zero-order valence-electron chi connectivity index (χ0n) is 21.6. The topological polar surface area (TPSA) is 34.0 Å². The van der Waals surface area contributed by atoms with E-state index in [4.69, 9.17) is 0 Å². The number of aromatic nitrogens is 1. The molecule has 4 aromatic carbocycles. The monoisotopic (exact) mass is 486 g/mol. The van der Waals surface area contributed by atoms with Gasteiger partial charge >= 0.3 is 0 Å². The van der Waals surface area contributed by atoms with Gasteiger partial charge in [-0.15, -0.1) is 0 Å². The number of hydrogen-bond donors (Lipinski definition) is 1. The van der Waals surface area contributed by atoms with E-state index in [0.29, 0.717) is 13.0 Å². The largest absolute Gasteiger partial charge is 0.356 e. The molecule has 3 nitrogen and oxygen atoms in total. The zero-order valence-corrected chi connectivity index (χ0v) is 21.6. The standard InChI is InChI=1S/C34H34N2O/c1-25-17-19-28(20-18-25)31(32-24-36(2)33-16-10-9-15-30(32)33)23-34(37)35-22-21-29(26-11-5-3-6-12-26)27-13-7-4-8-14-27/h3-20,24,29,31H,21-23H2,1-2H3,(H,35,37). The molecule has 1 amide bonds. The molecule has 0 aliphatic carbocycles. The molecule has 0 radical (unpaired) electrons. The first-order chi connectivity index (χ1) is 18.1. The number of para-hydroxylation sites is 1. The Kier molecular flexibility index (Phi) is 7.51. The highest BCUT2D eigenvalue weighted by atomic mass is 16.1. The van der Waals surface area contributed by atoms with Crippen LogP contribution in [0.15, 0.2) is 115 Å². The molecule has 1 heterocycles. The summed E-state index contributed by atoms with van der Waals surface area (Å²) in [6.07, 6.45) is 3.45. The Morgan fingerprint density at radius 1 is 0.730 bits per heavy atom. The summed E-state index contributed by atoms with van der Waals surface area (Å²) in [5, 5.41) is 4.45. The van der Waals surface area contributed by atoms with Gasteiger partial charge in [0, 0.05) is 48.9 Å². The molecule has 0 saturated carbocycles. The van der Waals surface area contributed by atoms with Crippen LogP contribution in [0, 0.1) is 6.92 Å². The number of carbonyl (C=O) groups is 1.